The summed E-state index contributed by atoms with van der Waals surface area (Å²) in [5.74, 6) is -4.02. The number of methoxy groups -OCH3 is 1. The van der Waals surface area contributed by atoms with Gasteiger partial charge in [-0.25, -0.2) is 18.0 Å². The first-order valence-corrected chi connectivity index (χ1v) is 13.7. The Balaban J connectivity index is 0.000000745. The van der Waals surface area contributed by atoms with E-state index in [9.17, 15) is 36.3 Å². The number of piperazine rings is 1. The molecule has 16 heteroatoms. The third-order valence-electron chi connectivity index (χ3n) is 5.73. The van der Waals surface area contributed by atoms with E-state index in [4.69, 9.17) is 14.6 Å². The second-order valence-electron chi connectivity index (χ2n) is 8.72. The minimum Gasteiger partial charge on any atom is -0.478 e. The first-order chi connectivity index (χ1) is 19.2. The average Bonchev–Trinajstić information content (AvgIpc) is 2.92. The van der Waals surface area contributed by atoms with Crippen molar-refractivity contribution in [2.24, 2.45) is 0 Å². The van der Waals surface area contributed by atoms with Crippen molar-refractivity contribution in [2.45, 2.75) is 17.5 Å². The lowest BCUT2D eigenvalue weighted by molar-refractivity contribution is -0.192. The highest BCUT2D eigenvalue weighted by Crippen LogP contribution is 2.26. The number of benzene rings is 2. The van der Waals surface area contributed by atoms with Gasteiger partial charge in [-0.1, -0.05) is 18.2 Å². The summed E-state index contributed by atoms with van der Waals surface area (Å²) in [6.07, 6.45) is -4.32. The van der Waals surface area contributed by atoms with Gasteiger partial charge in [-0.2, -0.15) is 13.2 Å². The van der Waals surface area contributed by atoms with Crippen LogP contribution in [0.25, 0.3) is 0 Å². The zero-order chi connectivity index (χ0) is 30.6. The molecule has 0 radical (unpaired) electrons. The van der Waals surface area contributed by atoms with Crippen LogP contribution in [0.1, 0.15) is 16.8 Å². The van der Waals surface area contributed by atoms with Gasteiger partial charge < -0.3 is 25.2 Å². The molecule has 2 aromatic carbocycles. The van der Waals surface area contributed by atoms with Gasteiger partial charge in [0.25, 0.3) is 10.0 Å². The van der Waals surface area contributed by atoms with E-state index in [0.717, 1.165) is 6.42 Å². The summed E-state index contributed by atoms with van der Waals surface area (Å²) in [4.78, 5) is 37.0. The molecule has 1 heterocycles. The molecule has 4 N–H and O–H groups in total. The molecular formula is C25H31F3N4O8S. The predicted molar refractivity (Wildman–Crippen MR) is 142 cm³/mol. The van der Waals surface area contributed by atoms with Gasteiger partial charge in [-0.3, -0.25) is 14.4 Å². The molecule has 226 valence electrons. The highest BCUT2D eigenvalue weighted by atomic mass is 32.2. The number of hydrogen-bond donors (Lipinski definition) is 4. The van der Waals surface area contributed by atoms with Crippen molar-refractivity contribution in [3.8, 4) is 0 Å². The fourth-order valence-electron chi connectivity index (χ4n) is 3.67. The van der Waals surface area contributed by atoms with Gasteiger partial charge in [0.1, 0.15) is 0 Å². The molecule has 0 aliphatic carbocycles. The topological polar surface area (TPSA) is 166 Å². The van der Waals surface area contributed by atoms with Crippen molar-refractivity contribution in [3.63, 3.8) is 0 Å². The lowest BCUT2D eigenvalue weighted by atomic mass is 10.1. The molecule has 1 amide bonds. The van der Waals surface area contributed by atoms with Crippen LogP contribution in [0.15, 0.2) is 53.4 Å². The fraction of sp³-hybridized carbons (Fsp3) is 0.400. The number of carboxylic acid groups (broad SMARTS) is 2. The van der Waals surface area contributed by atoms with Crippen LogP contribution in [0.4, 0.5) is 24.5 Å². The number of rotatable bonds is 11. The van der Waals surface area contributed by atoms with E-state index >= 15 is 0 Å². The third-order valence-corrected chi connectivity index (χ3v) is 7.11. The zero-order valence-electron chi connectivity index (χ0n) is 22.1. The Labute approximate surface area is 234 Å². The average molecular weight is 605 g/mol. The first-order valence-electron chi connectivity index (χ1n) is 12.2. The Morgan fingerprint density at radius 3 is 2.15 bits per heavy atom. The number of amides is 1. The van der Waals surface area contributed by atoms with E-state index in [1.54, 1.807) is 31.4 Å². The Hall–Kier alpha value is -3.89. The molecule has 0 saturated carbocycles. The van der Waals surface area contributed by atoms with Crippen molar-refractivity contribution in [1.82, 2.24) is 10.2 Å². The summed E-state index contributed by atoms with van der Waals surface area (Å²) >= 11 is 0. The van der Waals surface area contributed by atoms with Crippen LogP contribution in [0.2, 0.25) is 0 Å². The number of carboxylic acids is 2. The molecule has 1 aliphatic rings. The number of sulfonamides is 1. The number of halogens is 3. The molecule has 2 aromatic rings. The van der Waals surface area contributed by atoms with Crippen molar-refractivity contribution in [2.75, 3.05) is 62.6 Å². The molecule has 12 nitrogen and oxygen atoms in total. The molecular weight excluding hydrogens is 573 g/mol. The van der Waals surface area contributed by atoms with E-state index in [1.165, 1.54) is 24.3 Å². The number of aromatic carboxylic acids is 1. The van der Waals surface area contributed by atoms with E-state index in [2.05, 4.69) is 10.0 Å². The number of anilines is 2. The maximum atomic E-state index is 12.6. The van der Waals surface area contributed by atoms with Crippen molar-refractivity contribution < 1.29 is 50.9 Å². The monoisotopic (exact) mass is 604 g/mol. The van der Waals surface area contributed by atoms with Crippen LogP contribution in [-0.2, 0) is 24.3 Å². The molecule has 1 fully saturated rings. The quantitative estimate of drug-likeness (QED) is 0.279. The van der Waals surface area contributed by atoms with Crippen molar-refractivity contribution in [3.05, 3.63) is 54.1 Å². The number of carbonyl (C=O) groups is 3. The van der Waals surface area contributed by atoms with Gasteiger partial charge in [0, 0.05) is 52.1 Å². The van der Waals surface area contributed by atoms with Crippen molar-refractivity contribution in [1.29, 1.82) is 0 Å². The maximum Gasteiger partial charge on any atom is 0.490 e. The molecule has 3 rings (SSSR count). The maximum absolute atomic E-state index is 12.6. The van der Waals surface area contributed by atoms with E-state index in [-0.39, 0.29) is 22.1 Å². The minimum absolute atomic E-state index is 0.00360. The number of aliphatic carboxylic acids is 1. The summed E-state index contributed by atoms with van der Waals surface area (Å²) in [5, 5.41) is 19.7. The number of carbonyl (C=O) groups excluding carboxylic acids is 1. The SMILES string of the molecule is COCCCNC(=O)CN1CCN(c2ccc(NS(=O)(=O)c3ccccc3)c(C(=O)O)c2)CC1.O=C(O)C(F)(F)F. The molecule has 0 bridgehead atoms. The Kier molecular flexibility index (Phi) is 12.4. The first kappa shape index (κ1) is 33.3. The summed E-state index contributed by atoms with van der Waals surface area (Å²) in [6, 6.07) is 12.4. The predicted octanol–water partition coefficient (Wildman–Crippen LogP) is 2.09. The summed E-state index contributed by atoms with van der Waals surface area (Å²) in [5.41, 5.74) is 0.558. The van der Waals surface area contributed by atoms with Crippen LogP contribution in [0.5, 0.6) is 0 Å². The Bertz CT molecular complexity index is 1290. The number of nitrogens with zero attached hydrogens (tertiary/aromatic N) is 2. The molecule has 0 spiro atoms. The molecule has 0 unspecified atom stereocenters. The molecule has 1 saturated heterocycles. The van der Waals surface area contributed by atoms with Gasteiger partial charge >= 0.3 is 18.1 Å². The Morgan fingerprint density at radius 1 is 1.00 bits per heavy atom. The number of nitrogens with one attached hydrogen (secondary N) is 2. The van der Waals surface area contributed by atoms with Gasteiger partial charge in [-0.05, 0) is 36.8 Å². The lowest BCUT2D eigenvalue weighted by Crippen LogP contribution is -2.49. The lowest BCUT2D eigenvalue weighted by Gasteiger charge is -2.36. The van der Waals surface area contributed by atoms with E-state index in [0.29, 0.717) is 51.6 Å². The van der Waals surface area contributed by atoms with Gasteiger partial charge in [0.15, 0.2) is 0 Å². The van der Waals surface area contributed by atoms with Crippen LogP contribution in [-0.4, -0.2) is 101 Å². The summed E-state index contributed by atoms with van der Waals surface area (Å²) in [7, 11) is -2.29. The number of alkyl halides is 3. The van der Waals surface area contributed by atoms with Crippen LogP contribution in [0, 0.1) is 0 Å². The Morgan fingerprint density at radius 2 is 1.61 bits per heavy atom. The second-order valence-corrected chi connectivity index (χ2v) is 10.4. The standard InChI is InChI=1S/C23H30N4O6S.C2HF3O2/c1-33-15-5-10-24-22(28)17-26-11-13-27(14-12-26)18-8-9-21(20(16-18)23(29)30)25-34(31,32)19-6-3-2-4-7-19;3-2(4,5)1(6)7/h2-4,6-9,16,25H,5,10-15,17H2,1H3,(H,24,28)(H,29,30);(H,6,7). The van der Waals surface area contributed by atoms with Crippen molar-refractivity contribution >= 4 is 39.2 Å². The molecule has 41 heavy (non-hydrogen) atoms. The molecule has 0 atom stereocenters. The normalized spacial score (nSPS) is 14.0. The van der Waals surface area contributed by atoms with E-state index < -0.39 is 28.1 Å². The van der Waals surface area contributed by atoms with Crippen LogP contribution in [0.3, 0.4) is 0 Å². The van der Waals surface area contributed by atoms with Crippen LogP contribution < -0.4 is 14.9 Å². The van der Waals surface area contributed by atoms with E-state index in [1.807, 2.05) is 9.80 Å². The van der Waals surface area contributed by atoms with Gasteiger partial charge in [0.05, 0.1) is 22.7 Å². The smallest absolute Gasteiger partial charge is 0.478 e. The molecule has 0 aromatic heterocycles. The number of ether oxygens (including phenoxy) is 1. The van der Waals surface area contributed by atoms with Gasteiger partial charge in [-0.15, -0.1) is 0 Å². The third kappa shape index (κ3) is 10.9. The second kappa shape index (κ2) is 15.2. The number of hydrogen-bond acceptors (Lipinski definition) is 8. The fourth-order valence-corrected chi connectivity index (χ4v) is 4.77. The summed E-state index contributed by atoms with van der Waals surface area (Å²) < 4.78 is 64.3. The highest BCUT2D eigenvalue weighted by Gasteiger charge is 2.38. The summed E-state index contributed by atoms with van der Waals surface area (Å²) in [6.45, 7) is 4.01. The van der Waals surface area contributed by atoms with Gasteiger partial charge in [0.2, 0.25) is 5.91 Å². The minimum atomic E-state index is -5.08. The molecule has 1 aliphatic heterocycles. The van der Waals surface area contributed by atoms with Crippen LogP contribution >= 0.6 is 0 Å². The largest absolute Gasteiger partial charge is 0.490 e. The zero-order valence-corrected chi connectivity index (χ0v) is 22.9. The highest BCUT2D eigenvalue weighted by molar-refractivity contribution is 7.92.